The molecule has 1 aromatic carbocycles. The van der Waals surface area contributed by atoms with Gasteiger partial charge in [-0.25, -0.2) is 13.6 Å². The van der Waals surface area contributed by atoms with Gasteiger partial charge in [0, 0.05) is 18.1 Å². The van der Waals surface area contributed by atoms with Gasteiger partial charge in [-0.05, 0) is 36.8 Å². The Hall–Kier alpha value is -3.35. The molecular weight excluding hydrogens is 368 g/mol. The van der Waals surface area contributed by atoms with Crippen LogP contribution >= 0.6 is 0 Å². The van der Waals surface area contributed by atoms with Crippen molar-refractivity contribution in [1.82, 2.24) is 4.57 Å². The number of nitriles is 1. The summed E-state index contributed by atoms with van der Waals surface area (Å²) < 4.78 is 29.5. The van der Waals surface area contributed by atoms with E-state index in [2.05, 4.69) is 5.32 Å². The number of rotatable bonds is 5. The van der Waals surface area contributed by atoms with E-state index >= 15 is 0 Å². The number of carbonyl (C=O) groups excluding carboxylic acids is 1. The lowest BCUT2D eigenvalue weighted by Gasteiger charge is -2.06. The first-order valence-corrected chi connectivity index (χ1v) is 9.57. The number of aromatic nitrogens is 1. The first-order valence-electron chi connectivity index (χ1n) is 7.86. The van der Waals surface area contributed by atoms with E-state index in [9.17, 15) is 18.5 Å². The molecule has 0 spiro atoms. The van der Waals surface area contributed by atoms with Gasteiger partial charge in [0.15, 0.2) is 0 Å². The van der Waals surface area contributed by atoms with E-state index in [0.717, 1.165) is 0 Å². The van der Waals surface area contributed by atoms with E-state index in [-0.39, 0.29) is 22.8 Å². The molecule has 0 atom stereocenters. The van der Waals surface area contributed by atoms with Gasteiger partial charge in [0.25, 0.3) is 5.91 Å². The summed E-state index contributed by atoms with van der Waals surface area (Å²) in [5.41, 5.74) is 1.23. The maximum atomic E-state index is 12.7. The largest absolute Gasteiger partial charge is 0.443 e. The molecule has 0 fully saturated rings. The number of nitrogens with two attached hydrogens (primary N) is 1. The molecule has 2 aromatic heterocycles. The average Bonchev–Trinajstić information content (AvgIpc) is 3.22. The van der Waals surface area contributed by atoms with Crippen LogP contribution in [-0.4, -0.2) is 18.9 Å². The molecule has 138 valence electrons. The minimum absolute atomic E-state index is 0.132. The zero-order chi connectivity index (χ0) is 19.6. The van der Waals surface area contributed by atoms with E-state index in [0.29, 0.717) is 17.0 Å². The van der Waals surface area contributed by atoms with Gasteiger partial charge in [-0.1, -0.05) is 12.1 Å². The summed E-state index contributed by atoms with van der Waals surface area (Å²) in [7, 11) is -3.63. The van der Waals surface area contributed by atoms with Crippen LogP contribution in [0.2, 0.25) is 0 Å². The first-order chi connectivity index (χ1) is 12.8. The quantitative estimate of drug-likeness (QED) is 0.697. The third kappa shape index (κ3) is 4.08. The number of primary sulfonamides is 1. The number of hydrogen-bond donors (Lipinski definition) is 2. The molecule has 0 aliphatic rings. The molecule has 8 nitrogen and oxygen atoms in total. The Bertz CT molecular complexity index is 1120. The Morgan fingerprint density at radius 3 is 2.44 bits per heavy atom. The zero-order valence-corrected chi connectivity index (χ0v) is 15.2. The highest BCUT2D eigenvalue weighted by Crippen LogP contribution is 2.26. The molecular formula is C18H16N4O4S. The predicted octanol–water partition coefficient (Wildman–Crippen LogP) is 2.29. The smallest absolute Gasteiger partial charge is 0.260 e. The number of benzene rings is 1. The molecule has 1 amide bonds. The molecule has 27 heavy (non-hydrogen) atoms. The molecule has 0 aliphatic carbocycles. The van der Waals surface area contributed by atoms with Crippen molar-refractivity contribution in [1.29, 1.82) is 5.26 Å². The maximum absolute atomic E-state index is 12.7. The summed E-state index contributed by atoms with van der Waals surface area (Å²) in [4.78, 5) is 12.7. The van der Waals surface area contributed by atoms with Gasteiger partial charge in [0.2, 0.25) is 15.9 Å². The lowest BCUT2D eigenvalue weighted by molar-refractivity contribution is 0.102. The highest BCUT2D eigenvalue weighted by Gasteiger charge is 2.24. The summed E-state index contributed by atoms with van der Waals surface area (Å²) >= 11 is 0. The molecule has 0 bridgehead atoms. The molecule has 3 N–H and O–H groups in total. The van der Waals surface area contributed by atoms with Gasteiger partial charge in [-0.3, -0.25) is 9.36 Å². The standard InChI is InChI=1S/C18H16N4O4S/c1-12-16(15(10-19)18(26-12)22-8-2-3-9-22)17(23)21-14-6-4-13(5-7-14)11-27(20,24)25/h2-9H,11H2,1H3,(H,21,23)(H2,20,24,25). The third-order valence-electron chi connectivity index (χ3n) is 3.82. The number of nitrogens with one attached hydrogen (secondary N) is 1. The highest BCUT2D eigenvalue weighted by molar-refractivity contribution is 7.88. The topological polar surface area (TPSA) is 131 Å². The Kier molecular flexibility index (Phi) is 4.85. The highest BCUT2D eigenvalue weighted by atomic mass is 32.2. The molecule has 0 unspecified atom stereocenters. The number of aryl methyl sites for hydroxylation is 1. The monoisotopic (exact) mass is 384 g/mol. The van der Waals surface area contributed by atoms with Crippen molar-refractivity contribution in [3.63, 3.8) is 0 Å². The van der Waals surface area contributed by atoms with Gasteiger partial charge in [-0.2, -0.15) is 5.26 Å². The van der Waals surface area contributed by atoms with Crippen molar-refractivity contribution in [3.8, 4) is 12.0 Å². The Balaban J connectivity index is 1.86. The van der Waals surface area contributed by atoms with Crippen LogP contribution in [0.15, 0.2) is 53.2 Å². The number of carbonyl (C=O) groups is 1. The van der Waals surface area contributed by atoms with Gasteiger partial charge in [0.05, 0.1) is 5.75 Å². The maximum Gasteiger partial charge on any atom is 0.260 e. The second kappa shape index (κ2) is 7.11. The number of amides is 1. The summed E-state index contributed by atoms with van der Waals surface area (Å²) in [5, 5.41) is 17.2. The number of furan rings is 1. The second-order valence-corrected chi connectivity index (χ2v) is 7.49. The lowest BCUT2D eigenvalue weighted by Crippen LogP contribution is -2.15. The first kappa shape index (κ1) is 18.4. The van der Waals surface area contributed by atoms with E-state index in [1.165, 1.54) is 0 Å². The minimum Gasteiger partial charge on any atom is -0.443 e. The van der Waals surface area contributed by atoms with Crippen molar-refractivity contribution in [2.24, 2.45) is 5.14 Å². The van der Waals surface area contributed by atoms with E-state index < -0.39 is 15.9 Å². The van der Waals surface area contributed by atoms with Crippen LogP contribution in [0.25, 0.3) is 5.88 Å². The molecule has 0 saturated heterocycles. The lowest BCUT2D eigenvalue weighted by atomic mass is 10.1. The van der Waals surface area contributed by atoms with Crippen LogP contribution in [0.5, 0.6) is 0 Å². The predicted molar refractivity (Wildman–Crippen MR) is 98.7 cm³/mol. The summed E-state index contributed by atoms with van der Waals surface area (Å²) in [5.74, 6) is -0.196. The third-order valence-corrected chi connectivity index (χ3v) is 4.56. The molecule has 3 rings (SSSR count). The average molecular weight is 384 g/mol. The van der Waals surface area contributed by atoms with E-state index in [1.54, 1.807) is 60.3 Å². The minimum atomic E-state index is -3.63. The summed E-state index contributed by atoms with van der Waals surface area (Å²) in [6.07, 6.45) is 3.43. The number of hydrogen-bond acceptors (Lipinski definition) is 5. The van der Waals surface area contributed by atoms with Crippen molar-refractivity contribution < 1.29 is 17.6 Å². The van der Waals surface area contributed by atoms with Gasteiger partial charge >= 0.3 is 0 Å². The van der Waals surface area contributed by atoms with Crippen molar-refractivity contribution in [3.05, 3.63) is 71.2 Å². The van der Waals surface area contributed by atoms with E-state index in [1.807, 2.05) is 6.07 Å². The van der Waals surface area contributed by atoms with Crippen molar-refractivity contribution >= 4 is 21.6 Å². The van der Waals surface area contributed by atoms with Crippen LogP contribution in [0.1, 0.15) is 27.2 Å². The summed E-state index contributed by atoms with van der Waals surface area (Å²) in [6.45, 7) is 1.61. The molecule has 3 aromatic rings. The molecule has 0 saturated carbocycles. The van der Waals surface area contributed by atoms with Crippen LogP contribution in [0, 0.1) is 18.3 Å². The molecule has 0 aliphatic heterocycles. The number of nitrogens with zero attached hydrogens (tertiary/aromatic N) is 2. The van der Waals surface area contributed by atoms with Crippen molar-refractivity contribution in [2.75, 3.05) is 5.32 Å². The zero-order valence-electron chi connectivity index (χ0n) is 14.3. The second-order valence-electron chi connectivity index (χ2n) is 5.87. The fourth-order valence-corrected chi connectivity index (χ4v) is 3.33. The fraction of sp³-hybridized carbons (Fsp3) is 0.111. The fourth-order valence-electron chi connectivity index (χ4n) is 2.67. The van der Waals surface area contributed by atoms with E-state index in [4.69, 9.17) is 9.56 Å². The van der Waals surface area contributed by atoms with Crippen LogP contribution in [-0.2, 0) is 15.8 Å². The van der Waals surface area contributed by atoms with Crippen LogP contribution < -0.4 is 10.5 Å². The Morgan fingerprint density at radius 2 is 1.89 bits per heavy atom. The van der Waals surface area contributed by atoms with Gasteiger partial charge < -0.3 is 9.73 Å². The van der Waals surface area contributed by atoms with Gasteiger partial charge in [0.1, 0.15) is 23.0 Å². The van der Waals surface area contributed by atoms with Crippen molar-refractivity contribution in [2.45, 2.75) is 12.7 Å². The Morgan fingerprint density at radius 1 is 1.26 bits per heavy atom. The number of anilines is 1. The molecule has 0 radical (unpaired) electrons. The van der Waals surface area contributed by atoms with Crippen LogP contribution in [0.3, 0.4) is 0 Å². The Labute approximate surface area is 155 Å². The molecule has 2 heterocycles. The number of sulfonamides is 1. The molecule has 9 heteroatoms. The van der Waals surface area contributed by atoms with Gasteiger partial charge in [-0.15, -0.1) is 0 Å². The normalized spacial score (nSPS) is 11.1. The summed E-state index contributed by atoms with van der Waals surface area (Å²) in [6, 6.07) is 11.8. The SMILES string of the molecule is Cc1oc(-n2cccc2)c(C#N)c1C(=O)Nc1ccc(CS(N)(=O)=O)cc1. The van der Waals surface area contributed by atoms with Crippen LogP contribution in [0.4, 0.5) is 5.69 Å².